The summed E-state index contributed by atoms with van der Waals surface area (Å²) in [6.45, 7) is 2.03. The Bertz CT molecular complexity index is 84.5. The number of carbonyl (C=O) groups excluding carboxylic acids is 1. The van der Waals surface area contributed by atoms with Gasteiger partial charge in [-0.05, 0) is 6.42 Å². The van der Waals surface area contributed by atoms with Crippen LogP contribution in [0.15, 0.2) is 0 Å². The minimum Gasteiger partial charge on any atom is -0.369 e. The van der Waals surface area contributed by atoms with E-state index in [4.69, 9.17) is 5.73 Å². The maximum atomic E-state index is 10.3. The molecule has 2 N–H and O–H groups in total. The Labute approximate surface area is 52.0 Å². The number of amides is 1. The van der Waals surface area contributed by atoms with Crippen LogP contribution in [0.4, 0.5) is 0 Å². The molecule has 0 radical (unpaired) electrons. The minimum atomic E-state index is -0.225. The van der Waals surface area contributed by atoms with Crippen molar-refractivity contribution in [2.75, 3.05) is 0 Å². The first-order chi connectivity index (χ1) is 3.68. The lowest BCUT2D eigenvalue weighted by Gasteiger charge is -2.01. The smallest absolute Gasteiger partial charge is 0.224 e. The van der Waals surface area contributed by atoms with E-state index in [-0.39, 0.29) is 11.6 Å². The van der Waals surface area contributed by atoms with E-state index in [1.807, 2.05) is 6.92 Å². The minimum absolute atomic E-state index is 0.0278. The Morgan fingerprint density at radius 1 is 1.88 bits per heavy atom. The highest BCUT2D eigenvalue weighted by atomic mass is 31.0. The molecular formula is C5H12NOP. The van der Waals surface area contributed by atoms with Crippen molar-refractivity contribution < 1.29 is 4.79 Å². The van der Waals surface area contributed by atoms with Gasteiger partial charge in [-0.1, -0.05) is 13.3 Å². The van der Waals surface area contributed by atoms with Gasteiger partial charge >= 0.3 is 0 Å². The van der Waals surface area contributed by atoms with Crippen LogP contribution in [0, 0.1) is 0 Å². The summed E-state index contributed by atoms with van der Waals surface area (Å²) in [5.74, 6) is -0.225. The van der Waals surface area contributed by atoms with E-state index in [2.05, 4.69) is 9.24 Å². The molecule has 0 saturated carbocycles. The van der Waals surface area contributed by atoms with Crippen LogP contribution in [0.3, 0.4) is 0 Å². The molecule has 0 aromatic carbocycles. The summed E-state index contributed by atoms with van der Waals surface area (Å²) in [4.78, 5) is 10.3. The van der Waals surface area contributed by atoms with E-state index in [0.29, 0.717) is 0 Å². The number of primary amides is 1. The van der Waals surface area contributed by atoms with E-state index in [1.54, 1.807) is 0 Å². The largest absolute Gasteiger partial charge is 0.369 e. The standard InChI is InChI=1S/C5H12NOP/c1-2-3-4(8)5(6)7/h4H,2-3,8H2,1H3,(H2,6,7). The lowest BCUT2D eigenvalue weighted by atomic mass is 10.2. The third-order valence-corrected chi connectivity index (χ3v) is 1.63. The highest BCUT2D eigenvalue weighted by molar-refractivity contribution is 7.19. The van der Waals surface area contributed by atoms with E-state index in [9.17, 15) is 4.79 Å². The predicted octanol–water partition coefficient (Wildman–Crippen LogP) is 0.516. The van der Waals surface area contributed by atoms with Crippen molar-refractivity contribution in [2.24, 2.45) is 5.73 Å². The summed E-state index contributed by atoms with van der Waals surface area (Å²) in [5, 5.41) is 0. The summed E-state index contributed by atoms with van der Waals surface area (Å²) in [7, 11) is 2.42. The Kier molecular flexibility index (Phi) is 3.80. The second-order valence-electron chi connectivity index (χ2n) is 1.80. The molecule has 0 rings (SSSR count). The normalized spacial score (nSPS) is 13.2. The van der Waals surface area contributed by atoms with Gasteiger partial charge in [0.05, 0.1) is 5.66 Å². The molecule has 2 atom stereocenters. The molecule has 0 aliphatic heterocycles. The Morgan fingerprint density at radius 3 is 2.50 bits per heavy atom. The molecule has 0 fully saturated rings. The average molecular weight is 133 g/mol. The quantitative estimate of drug-likeness (QED) is 0.560. The maximum Gasteiger partial charge on any atom is 0.224 e. The van der Waals surface area contributed by atoms with Crippen molar-refractivity contribution in [3.8, 4) is 0 Å². The lowest BCUT2D eigenvalue weighted by Crippen LogP contribution is -2.22. The van der Waals surface area contributed by atoms with Gasteiger partial charge in [0.15, 0.2) is 0 Å². The third kappa shape index (κ3) is 2.98. The molecule has 0 aliphatic rings. The number of carbonyl (C=O) groups is 1. The molecule has 8 heavy (non-hydrogen) atoms. The summed E-state index contributed by atoms with van der Waals surface area (Å²) < 4.78 is 0. The molecular weight excluding hydrogens is 121 g/mol. The Balaban J connectivity index is 3.32. The summed E-state index contributed by atoms with van der Waals surface area (Å²) in [5.41, 5.74) is 4.93. The van der Waals surface area contributed by atoms with Crippen LogP contribution in [0.2, 0.25) is 0 Å². The Morgan fingerprint density at radius 2 is 2.38 bits per heavy atom. The SMILES string of the molecule is CCCC(P)C(N)=O. The van der Waals surface area contributed by atoms with E-state index >= 15 is 0 Å². The molecule has 2 nitrogen and oxygen atoms in total. The average Bonchev–Trinajstić information content (AvgIpc) is 1.67. The van der Waals surface area contributed by atoms with Gasteiger partial charge in [0.2, 0.25) is 5.91 Å². The van der Waals surface area contributed by atoms with Gasteiger partial charge < -0.3 is 5.73 Å². The highest BCUT2D eigenvalue weighted by Crippen LogP contribution is 2.05. The second kappa shape index (κ2) is 3.85. The zero-order chi connectivity index (χ0) is 6.57. The topological polar surface area (TPSA) is 43.1 Å². The fourth-order valence-corrected chi connectivity index (χ4v) is 0.787. The van der Waals surface area contributed by atoms with Crippen molar-refractivity contribution >= 4 is 15.1 Å². The molecule has 0 bridgehead atoms. The molecule has 0 saturated heterocycles. The number of hydrogen-bond donors (Lipinski definition) is 1. The van der Waals surface area contributed by atoms with Gasteiger partial charge in [-0.25, -0.2) is 0 Å². The van der Waals surface area contributed by atoms with Gasteiger partial charge in [0.25, 0.3) is 0 Å². The van der Waals surface area contributed by atoms with E-state index in [1.165, 1.54) is 0 Å². The third-order valence-electron chi connectivity index (χ3n) is 0.965. The molecule has 0 aliphatic carbocycles. The number of hydrogen-bond acceptors (Lipinski definition) is 1. The van der Waals surface area contributed by atoms with Crippen molar-refractivity contribution in [3.63, 3.8) is 0 Å². The summed E-state index contributed by atoms with van der Waals surface area (Å²) >= 11 is 0. The Hall–Kier alpha value is -0.100. The van der Waals surface area contributed by atoms with Crippen LogP contribution in [0.25, 0.3) is 0 Å². The van der Waals surface area contributed by atoms with Crippen LogP contribution >= 0.6 is 9.24 Å². The molecule has 48 valence electrons. The molecule has 3 heteroatoms. The maximum absolute atomic E-state index is 10.3. The zero-order valence-corrected chi connectivity index (χ0v) is 6.21. The fraction of sp³-hybridized carbons (Fsp3) is 0.800. The molecule has 0 heterocycles. The van der Waals surface area contributed by atoms with Crippen LogP contribution in [0.5, 0.6) is 0 Å². The molecule has 0 spiro atoms. The van der Waals surface area contributed by atoms with E-state index < -0.39 is 0 Å². The number of nitrogens with two attached hydrogens (primary N) is 1. The molecule has 0 aromatic rings. The number of rotatable bonds is 3. The van der Waals surface area contributed by atoms with Crippen molar-refractivity contribution in [3.05, 3.63) is 0 Å². The highest BCUT2D eigenvalue weighted by Gasteiger charge is 2.04. The van der Waals surface area contributed by atoms with Crippen LogP contribution in [-0.4, -0.2) is 11.6 Å². The van der Waals surface area contributed by atoms with E-state index in [0.717, 1.165) is 12.8 Å². The lowest BCUT2D eigenvalue weighted by molar-refractivity contribution is -0.117. The monoisotopic (exact) mass is 133 g/mol. The van der Waals surface area contributed by atoms with Crippen molar-refractivity contribution in [2.45, 2.75) is 25.4 Å². The first-order valence-corrected chi connectivity index (χ1v) is 3.40. The first kappa shape index (κ1) is 7.90. The van der Waals surface area contributed by atoms with Crippen LogP contribution in [0.1, 0.15) is 19.8 Å². The van der Waals surface area contributed by atoms with Gasteiger partial charge in [0.1, 0.15) is 0 Å². The molecule has 0 aromatic heterocycles. The fourth-order valence-electron chi connectivity index (χ4n) is 0.453. The van der Waals surface area contributed by atoms with Gasteiger partial charge in [-0.15, -0.1) is 9.24 Å². The molecule has 2 unspecified atom stereocenters. The zero-order valence-electron chi connectivity index (χ0n) is 5.05. The van der Waals surface area contributed by atoms with Crippen molar-refractivity contribution in [1.82, 2.24) is 0 Å². The molecule has 1 amide bonds. The summed E-state index contributed by atoms with van der Waals surface area (Å²) in [6.07, 6.45) is 1.89. The predicted molar refractivity (Wildman–Crippen MR) is 37.6 cm³/mol. The van der Waals surface area contributed by atoms with Crippen LogP contribution in [-0.2, 0) is 4.79 Å². The van der Waals surface area contributed by atoms with Crippen molar-refractivity contribution in [1.29, 1.82) is 0 Å². The van der Waals surface area contributed by atoms with Gasteiger partial charge in [-0.3, -0.25) is 4.79 Å². The van der Waals surface area contributed by atoms with Gasteiger partial charge in [0, 0.05) is 0 Å². The van der Waals surface area contributed by atoms with Crippen LogP contribution < -0.4 is 5.73 Å². The summed E-state index contributed by atoms with van der Waals surface area (Å²) in [6, 6.07) is 0. The second-order valence-corrected chi connectivity index (χ2v) is 2.60. The first-order valence-electron chi connectivity index (χ1n) is 2.73. The van der Waals surface area contributed by atoms with Gasteiger partial charge in [-0.2, -0.15) is 0 Å².